The molecule has 1 aliphatic carbocycles. The van der Waals surface area contributed by atoms with E-state index in [2.05, 4.69) is 27.6 Å². The summed E-state index contributed by atoms with van der Waals surface area (Å²) in [4.78, 5) is 12.3. The molecule has 0 radical (unpaired) electrons. The van der Waals surface area contributed by atoms with Crippen LogP contribution in [0.25, 0.3) is 5.69 Å². The highest BCUT2D eigenvalue weighted by Crippen LogP contribution is 2.31. The summed E-state index contributed by atoms with van der Waals surface area (Å²) in [5.74, 6) is 1.58. The average Bonchev–Trinajstić information content (AvgIpc) is 3.07. The van der Waals surface area contributed by atoms with E-state index in [0.717, 1.165) is 30.7 Å². The van der Waals surface area contributed by atoms with Gasteiger partial charge in [-0.15, -0.1) is 10.2 Å². The minimum atomic E-state index is 0.0755. The first-order chi connectivity index (χ1) is 14.1. The van der Waals surface area contributed by atoms with E-state index in [-0.39, 0.29) is 11.8 Å². The zero-order valence-electron chi connectivity index (χ0n) is 15.6. The van der Waals surface area contributed by atoms with Gasteiger partial charge in [0.05, 0.1) is 17.3 Å². The molecule has 0 bridgehead atoms. The molecule has 1 saturated carbocycles. The van der Waals surface area contributed by atoms with Crippen molar-refractivity contribution in [3.63, 3.8) is 0 Å². The van der Waals surface area contributed by atoms with E-state index in [0.29, 0.717) is 27.6 Å². The van der Waals surface area contributed by atoms with Crippen LogP contribution in [0.5, 0.6) is 0 Å². The minimum absolute atomic E-state index is 0.0755. The van der Waals surface area contributed by atoms with Gasteiger partial charge < -0.3 is 5.32 Å². The molecule has 0 saturated heterocycles. The Labute approximate surface area is 183 Å². The molecule has 2 aromatic carbocycles. The number of thioether (sulfide) groups is 1. The smallest absolute Gasteiger partial charge is 0.223 e. The maximum atomic E-state index is 12.3. The third-order valence-electron chi connectivity index (χ3n) is 4.96. The maximum Gasteiger partial charge on any atom is 0.223 e. The summed E-state index contributed by atoms with van der Waals surface area (Å²) in [6.45, 7) is 0.299. The number of benzene rings is 2. The molecule has 8 heteroatoms. The Morgan fingerprint density at radius 3 is 2.62 bits per heavy atom. The van der Waals surface area contributed by atoms with Crippen LogP contribution in [0.2, 0.25) is 10.0 Å². The molecular weight excluding hydrogens is 427 g/mol. The average molecular weight is 447 g/mol. The van der Waals surface area contributed by atoms with E-state index >= 15 is 0 Å². The minimum Gasteiger partial charge on any atom is -0.349 e. The molecule has 1 fully saturated rings. The Kier molecular flexibility index (Phi) is 6.43. The first-order valence-corrected chi connectivity index (χ1v) is 11.2. The molecule has 1 heterocycles. The molecule has 0 atom stereocenters. The number of nitrogens with one attached hydrogen (secondary N) is 1. The normalized spacial score (nSPS) is 13.9. The van der Waals surface area contributed by atoms with Crippen molar-refractivity contribution >= 4 is 40.9 Å². The Hall–Kier alpha value is -2.02. The number of nitrogens with zero attached hydrogens (tertiary/aromatic N) is 3. The van der Waals surface area contributed by atoms with Crippen molar-refractivity contribution in [2.75, 3.05) is 0 Å². The predicted molar refractivity (Wildman–Crippen MR) is 117 cm³/mol. The Morgan fingerprint density at radius 1 is 1.14 bits per heavy atom. The maximum absolute atomic E-state index is 12.3. The number of aromatic nitrogens is 3. The van der Waals surface area contributed by atoms with Gasteiger partial charge in [0.2, 0.25) is 5.91 Å². The lowest BCUT2D eigenvalue weighted by Crippen LogP contribution is -2.34. The molecule has 29 heavy (non-hydrogen) atoms. The first kappa shape index (κ1) is 20.3. The van der Waals surface area contributed by atoms with Gasteiger partial charge in [-0.25, -0.2) is 0 Å². The number of halogens is 2. The summed E-state index contributed by atoms with van der Waals surface area (Å²) in [6.07, 6.45) is 3.04. The molecule has 1 amide bonds. The summed E-state index contributed by atoms with van der Waals surface area (Å²) in [5.41, 5.74) is 1.93. The van der Waals surface area contributed by atoms with Gasteiger partial charge in [-0.3, -0.25) is 9.36 Å². The topological polar surface area (TPSA) is 59.8 Å². The number of amides is 1. The third kappa shape index (κ3) is 4.77. The van der Waals surface area contributed by atoms with Gasteiger partial charge in [0.25, 0.3) is 0 Å². The van der Waals surface area contributed by atoms with E-state index in [1.54, 1.807) is 23.9 Å². The van der Waals surface area contributed by atoms with Crippen LogP contribution in [0.3, 0.4) is 0 Å². The van der Waals surface area contributed by atoms with Crippen LogP contribution >= 0.6 is 35.0 Å². The number of hydrogen-bond acceptors (Lipinski definition) is 4. The fourth-order valence-corrected chi connectivity index (χ4v) is 4.53. The Balaban J connectivity index is 1.59. The van der Waals surface area contributed by atoms with Crippen LogP contribution in [0.15, 0.2) is 53.7 Å². The summed E-state index contributed by atoms with van der Waals surface area (Å²) in [6, 6.07) is 15.5. The molecule has 4 rings (SSSR count). The molecule has 0 spiro atoms. The zero-order valence-corrected chi connectivity index (χ0v) is 18.0. The van der Waals surface area contributed by atoms with Crippen molar-refractivity contribution in [2.24, 2.45) is 5.92 Å². The van der Waals surface area contributed by atoms with Gasteiger partial charge in [0.15, 0.2) is 11.0 Å². The van der Waals surface area contributed by atoms with Gasteiger partial charge in [-0.05, 0) is 36.6 Å². The monoisotopic (exact) mass is 446 g/mol. The number of hydrogen-bond donors (Lipinski definition) is 1. The van der Waals surface area contributed by atoms with Crippen molar-refractivity contribution in [3.05, 3.63) is 70.0 Å². The molecule has 1 aromatic heterocycles. The lowest BCUT2D eigenvalue weighted by Gasteiger charge is -2.24. The fourth-order valence-electron chi connectivity index (χ4n) is 3.12. The van der Waals surface area contributed by atoms with Crippen LogP contribution in [0, 0.1) is 5.92 Å². The zero-order chi connectivity index (χ0) is 20.2. The number of rotatable bonds is 7. The molecule has 0 aliphatic heterocycles. The van der Waals surface area contributed by atoms with Crippen molar-refractivity contribution in [3.8, 4) is 5.69 Å². The quantitative estimate of drug-likeness (QED) is 0.501. The van der Waals surface area contributed by atoms with Crippen LogP contribution in [0.4, 0.5) is 0 Å². The van der Waals surface area contributed by atoms with Gasteiger partial charge in [-0.1, -0.05) is 71.7 Å². The predicted octanol–water partition coefficient (Wildman–Crippen LogP) is 5.28. The van der Waals surface area contributed by atoms with Crippen molar-refractivity contribution in [2.45, 2.75) is 36.7 Å². The summed E-state index contributed by atoms with van der Waals surface area (Å²) in [5, 5.41) is 13.5. The molecule has 5 nitrogen and oxygen atoms in total. The fraction of sp³-hybridized carbons (Fsp3) is 0.286. The van der Waals surface area contributed by atoms with E-state index < -0.39 is 0 Å². The second kappa shape index (κ2) is 9.20. The largest absolute Gasteiger partial charge is 0.349 e. The molecule has 1 aliphatic rings. The molecule has 150 valence electrons. The van der Waals surface area contributed by atoms with Gasteiger partial charge in [0.1, 0.15) is 0 Å². The first-order valence-electron chi connectivity index (χ1n) is 9.46. The highest BCUT2D eigenvalue weighted by Gasteiger charge is 2.25. The Bertz CT molecular complexity index is 1010. The van der Waals surface area contributed by atoms with Crippen LogP contribution in [-0.4, -0.2) is 20.7 Å². The van der Waals surface area contributed by atoms with Crippen LogP contribution in [0.1, 0.15) is 30.7 Å². The number of carbonyl (C=O) groups is 1. The summed E-state index contributed by atoms with van der Waals surface area (Å²) < 4.78 is 1.90. The van der Waals surface area contributed by atoms with Crippen molar-refractivity contribution < 1.29 is 4.79 Å². The third-order valence-corrected chi connectivity index (χ3v) is 6.50. The molecule has 3 aromatic rings. The van der Waals surface area contributed by atoms with E-state index in [9.17, 15) is 4.79 Å². The van der Waals surface area contributed by atoms with E-state index in [4.69, 9.17) is 23.2 Å². The van der Waals surface area contributed by atoms with Crippen molar-refractivity contribution in [1.29, 1.82) is 0 Å². The lowest BCUT2D eigenvalue weighted by molar-refractivity contribution is -0.127. The van der Waals surface area contributed by atoms with E-state index in [1.165, 1.54) is 5.56 Å². The molecule has 0 unspecified atom stereocenters. The highest BCUT2D eigenvalue weighted by atomic mass is 35.5. The SMILES string of the molecule is O=C(NCc1nnc(SCc2ccccc2)n1-c1ccc(Cl)cc1Cl)C1CCC1. The second-order valence-corrected chi connectivity index (χ2v) is 8.74. The van der Waals surface area contributed by atoms with Gasteiger partial charge >= 0.3 is 0 Å². The molecule has 1 N–H and O–H groups in total. The summed E-state index contributed by atoms with van der Waals surface area (Å²) >= 11 is 14.1. The number of carbonyl (C=O) groups excluding carboxylic acids is 1. The molecular formula is C21H20Cl2N4OS. The highest BCUT2D eigenvalue weighted by molar-refractivity contribution is 7.98. The van der Waals surface area contributed by atoms with Gasteiger partial charge in [-0.2, -0.15) is 0 Å². The van der Waals surface area contributed by atoms with Gasteiger partial charge in [0, 0.05) is 16.7 Å². The van der Waals surface area contributed by atoms with Crippen LogP contribution < -0.4 is 5.32 Å². The van der Waals surface area contributed by atoms with Crippen LogP contribution in [-0.2, 0) is 17.1 Å². The van der Waals surface area contributed by atoms with E-state index in [1.807, 2.05) is 28.8 Å². The standard InChI is InChI=1S/C21H20Cl2N4OS/c22-16-9-10-18(17(23)11-16)27-19(12-24-20(28)15-7-4-8-15)25-26-21(27)29-13-14-5-2-1-3-6-14/h1-3,5-6,9-11,15H,4,7-8,12-13H2,(H,24,28). The lowest BCUT2D eigenvalue weighted by atomic mass is 9.85. The van der Waals surface area contributed by atoms with Crippen molar-refractivity contribution in [1.82, 2.24) is 20.1 Å². The summed E-state index contributed by atoms with van der Waals surface area (Å²) in [7, 11) is 0. The Morgan fingerprint density at radius 2 is 1.93 bits per heavy atom. The second-order valence-electron chi connectivity index (χ2n) is 6.95.